The molecule has 0 amide bonds. The fourth-order valence-corrected chi connectivity index (χ4v) is 7.81. The minimum Gasteiger partial charge on any atom is -0.508 e. The molecule has 12 nitrogen and oxygen atoms in total. The summed E-state index contributed by atoms with van der Waals surface area (Å²) in [7, 11) is 0. The number of ether oxygens (including phenoxy) is 2. The predicted octanol–water partition coefficient (Wildman–Crippen LogP) is 6.25. The Labute approximate surface area is 297 Å². The maximum Gasteiger partial charge on any atom is 0.286 e. The summed E-state index contributed by atoms with van der Waals surface area (Å²) >= 11 is 0. The largest absolute Gasteiger partial charge is 0.508 e. The smallest absolute Gasteiger partial charge is 0.286 e. The van der Waals surface area contributed by atoms with Crippen LogP contribution in [-0.2, 0) is 5.79 Å². The van der Waals surface area contributed by atoms with E-state index >= 15 is 0 Å². The summed E-state index contributed by atoms with van der Waals surface area (Å²) in [4.78, 5) is 29.4. The Balaban J connectivity index is 1.44. The molecule has 52 heavy (non-hydrogen) atoms. The van der Waals surface area contributed by atoms with Crippen LogP contribution < -0.4 is 9.47 Å². The Bertz CT molecular complexity index is 2250. The molecule has 0 bridgehead atoms. The number of ketones is 2. The molecule has 4 aromatic carbocycles. The zero-order valence-electron chi connectivity index (χ0n) is 28.3. The van der Waals surface area contributed by atoms with Crippen LogP contribution in [0.2, 0.25) is 0 Å². The molecular weight excluding hydrogens is 672 g/mol. The molecule has 1 aliphatic carbocycles. The molecule has 268 valence electrons. The van der Waals surface area contributed by atoms with Crippen LogP contribution in [0.15, 0.2) is 84.0 Å². The number of benzene rings is 4. The minimum absolute atomic E-state index is 0.0310. The third kappa shape index (κ3) is 5.09. The Kier molecular flexibility index (Phi) is 7.91. The maximum atomic E-state index is 14.8. The quantitative estimate of drug-likeness (QED) is 0.0824. The highest BCUT2D eigenvalue weighted by atomic mass is 16.7. The highest BCUT2D eigenvalue weighted by Gasteiger charge is 2.70. The Morgan fingerprint density at radius 1 is 0.827 bits per heavy atom. The first-order valence-electron chi connectivity index (χ1n) is 16.5. The number of rotatable bonds is 6. The number of aromatic hydroxyl groups is 7. The van der Waals surface area contributed by atoms with E-state index in [1.807, 2.05) is 0 Å². The van der Waals surface area contributed by atoms with Crippen molar-refractivity contribution < 1.29 is 59.9 Å². The molecule has 0 radical (unpaired) electrons. The number of Topliss-reactive ketones (excluding diaryl/α,β-unsaturated/α-hetero) is 2. The van der Waals surface area contributed by atoms with Crippen LogP contribution >= 0.6 is 0 Å². The average Bonchev–Trinajstić information content (AvgIpc) is 3.30. The van der Waals surface area contributed by atoms with Crippen molar-refractivity contribution in [3.63, 3.8) is 0 Å². The fourth-order valence-electron chi connectivity index (χ4n) is 7.81. The van der Waals surface area contributed by atoms with E-state index in [4.69, 9.17) is 9.47 Å². The van der Waals surface area contributed by atoms with E-state index in [-0.39, 0.29) is 69.6 Å². The van der Waals surface area contributed by atoms with E-state index < -0.39 is 63.5 Å². The second kappa shape index (κ2) is 12.0. The summed E-state index contributed by atoms with van der Waals surface area (Å²) in [5.41, 5.74) is -1.30. The van der Waals surface area contributed by atoms with Crippen molar-refractivity contribution in [3.05, 3.63) is 112 Å². The molecule has 5 atom stereocenters. The zero-order valence-corrected chi connectivity index (χ0v) is 28.3. The second-order valence-corrected chi connectivity index (χ2v) is 13.9. The van der Waals surface area contributed by atoms with Crippen molar-refractivity contribution in [2.75, 3.05) is 0 Å². The minimum atomic E-state index is -2.45. The lowest BCUT2D eigenvalue weighted by Crippen LogP contribution is -2.62. The third-order valence-electron chi connectivity index (χ3n) is 10.2. The van der Waals surface area contributed by atoms with Crippen LogP contribution in [0.4, 0.5) is 0 Å². The Hall–Kier alpha value is -6.14. The summed E-state index contributed by atoms with van der Waals surface area (Å²) in [6, 6.07) is 12.3. The number of carbonyl (C=O) groups excluding carboxylic acids is 2. The summed E-state index contributed by atoms with van der Waals surface area (Å²) in [6.45, 7) is 5.31. The molecule has 4 aromatic rings. The highest BCUT2D eigenvalue weighted by Crippen LogP contribution is 2.60. The van der Waals surface area contributed by atoms with Gasteiger partial charge in [-0.2, -0.15) is 0 Å². The van der Waals surface area contributed by atoms with Crippen molar-refractivity contribution in [1.29, 1.82) is 0 Å². The number of hydrogen-bond donors (Lipinski definition) is 8. The van der Waals surface area contributed by atoms with Gasteiger partial charge in [-0.1, -0.05) is 29.4 Å². The SMILES string of the molecule is CC(C)=CC[C@@]12Oc3cc(O)ccc3[C@@]1(O)Oc1cc(O)c([C@H]3C=C(C)C[C@@H](c4ccc(O)cc4O)[C@@H]3C(=O)c3ccc(O)cc3O)c(O)c1C2=O. The zero-order chi connectivity index (χ0) is 37.4. The molecule has 0 spiro atoms. The highest BCUT2D eigenvalue weighted by molar-refractivity contribution is 6.10. The molecule has 0 aromatic heterocycles. The van der Waals surface area contributed by atoms with Gasteiger partial charge >= 0.3 is 0 Å². The van der Waals surface area contributed by atoms with Gasteiger partial charge in [-0.25, -0.2) is 0 Å². The molecule has 0 saturated carbocycles. The van der Waals surface area contributed by atoms with E-state index in [9.17, 15) is 50.4 Å². The molecule has 3 aliphatic rings. The van der Waals surface area contributed by atoms with Gasteiger partial charge in [0.25, 0.3) is 5.79 Å². The van der Waals surface area contributed by atoms with Crippen LogP contribution in [0.3, 0.4) is 0 Å². The standard InChI is InChI=1S/C40H36O12/c1-18(2)10-11-39-38(49)35-32(52-40(39,50)27-9-6-22(43)16-31(27)51-39)17-30(46)34(37(35)48)26-13-19(3)12-25(23-7-4-20(41)14-28(23)44)33(26)36(47)24-8-5-21(42)15-29(24)45/h4-10,13-17,25-26,33,41-46,48,50H,11-12H2,1-3H3/t25-,26-,33-,39-,40+/m0/s1. The normalized spacial score (nSPS) is 24.4. The van der Waals surface area contributed by atoms with Gasteiger partial charge in [-0.15, -0.1) is 0 Å². The molecule has 2 aliphatic heterocycles. The fraction of sp³-hybridized carbons (Fsp3) is 0.250. The van der Waals surface area contributed by atoms with Gasteiger partial charge in [0.2, 0.25) is 11.4 Å². The van der Waals surface area contributed by atoms with E-state index in [0.29, 0.717) is 5.57 Å². The van der Waals surface area contributed by atoms with E-state index in [1.165, 1.54) is 42.5 Å². The summed E-state index contributed by atoms with van der Waals surface area (Å²) in [6.07, 6.45) is 3.28. The molecule has 0 fully saturated rings. The second-order valence-electron chi connectivity index (χ2n) is 13.9. The Morgan fingerprint density at radius 2 is 1.48 bits per heavy atom. The van der Waals surface area contributed by atoms with E-state index in [0.717, 1.165) is 23.8 Å². The topological polar surface area (TPSA) is 214 Å². The van der Waals surface area contributed by atoms with Crippen molar-refractivity contribution in [3.8, 4) is 51.7 Å². The lowest BCUT2D eigenvalue weighted by molar-refractivity contribution is -0.221. The first kappa shape index (κ1) is 34.3. The van der Waals surface area contributed by atoms with Gasteiger partial charge in [0.15, 0.2) is 5.78 Å². The van der Waals surface area contributed by atoms with Gasteiger partial charge in [0, 0.05) is 54.0 Å². The summed E-state index contributed by atoms with van der Waals surface area (Å²) < 4.78 is 12.3. The van der Waals surface area contributed by atoms with Gasteiger partial charge < -0.3 is 50.3 Å². The first-order valence-corrected chi connectivity index (χ1v) is 16.5. The number of phenolic OH excluding ortho intramolecular Hbond substituents is 7. The molecule has 12 heteroatoms. The van der Waals surface area contributed by atoms with Crippen LogP contribution in [0, 0.1) is 5.92 Å². The lowest BCUT2D eigenvalue weighted by Gasteiger charge is -2.43. The molecule has 2 heterocycles. The first-order chi connectivity index (χ1) is 24.6. The molecule has 0 saturated heterocycles. The van der Waals surface area contributed by atoms with Gasteiger partial charge in [0.05, 0.1) is 11.1 Å². The van der Waals surface area contributed by atoms with Crippen LogP contribution in [0.5, 0.6) is 51.7 Å². The molecule has 8 N–H and O–H groups in total. The number of carbonyl (C=O) groups is 2. The predicted molar refractivity (Wildman–Crippen MR) is 185 cm³/mol. The third-order valence-corrected chi connectivity index (χ3v) is 10.2. The number of allylic oxidation sites excluding steroid dienone is 3. The van der Waals surface area contributed by atoms with Crippen LogP contribution in [0.25, 0.3) is 0 Å². The lowest BCUT2D eigenvalue weighted by atomic mass is 9.65. The molecular formula is C40H36O12. The van der Waals surface area contributed by atoms with Crippen molar-refractivity contribution in [1.82, 2.24) is 0 Å². The summed E-state index contributed by atoms with van der Waals surface area (Å²) in [5.74, 6) is -10.6. The van der Waals surface area contributed by atoms with E-state index in [2.05, 4.69) is 0 Å². The van der Waals surface area contributed by atoms with Crippen molar-refractivity contribution in [2.24, 2.45) is 5.92 Å². The maximum absolute atomic E-state index is 14.8. The number of hydrogen-bond acceptors (Lipinski definition) is 12. The van der Waals surface area contributed by atoms with Crippen molar-refractivity contribution in [2.45, 2.75) is 56.8 Å². The number of fused-ring (bicyclic) bond motifs is 4. The Morgan fingerprint density at radius 3 is 2.15 bits per heavy atom. The molecule has 7 rings (SSSR count). The van der Waals surface area contributed by atoms with Crippen molar-refractivity contribution >= 4 is 11.6 Å². The summed E-state index contributed by atoms with van der Waals surface area (Å²) in [5, 5.41) is 87.9. The average molecular weight is 709 g/mol. The van der Waals surface area contributed by atoms with Gasteiger partial charge in [-0.05, 0) is 63.1 Å². The van der Waals surface area contributed by atoms with Crippen LogP contribution in [-0.4, -0.2) is 58.0 Å². The van der Waals surface area contributed by atoms with E-state index in [1.54, 1.807) is 32.9 Å². The van der Waals surface area contributed by atoms with Crippen LogP contribution in [0.1, 0.15) is 82.9 Å². The van der Waals surface area contributed by atoms with Gasteiger partial charge in [0.1, 0.15) is 57.3 Å². The van der Waals surface area contributed by atoms with Gasteiger partial charge in [-0.3, -0.25) is 9.59 Å². The number of phenols is 7. The number of aliphatic hydroxyl groups is 1. The molecule has 0 unspecified atom stereocenters. The monoisotopic (exact) mass is 708 g/mol.